The zero-order chi connectivity index (χ0) is 19.0. The largest absolute Gasteiger partial charge is 0.497 e. The molecule has 4 aromatic rings. The van der Waals surface area contributed by atoms with Crippen LogP contribution in [-0.4, -0.2) is 31.8 Å². The van der Waals surface area contributed by atoms with Crippen LogP contribution in [0.2, 0.25) is 0 Å². The van der Waals surface area contributed by atoms with Gasteiger partial charge in [0.15, 0.2) is 11.0 Å². The number of fused-ring (bicyclic) bond motifs is 1. The highest BCUT2D eigenvalue weighted by Gasteiger charge is 2.18. The van der Waals surface area contributed by atoms with E-state index in [4.69, 9.17) is 4.74 Å². The van der Waals surface area contributed by atoms with Gasteiger partial charge in [-0.2, -0.15) is 0 Å². The molecular formula is C19H19N5OS2. The lowest BCUT2D eigenvalue weighted by molar-refractivity contribution is 0.415. The summed E-state index contributed by atoms with van der Waals surface area (Å²) in [7, 11) is 1.66. The summed E-state index contributed by atoms with van der Waals surface area (Å²) in [5.74, 6) is 1.62. The van der Waals surface area contributed by atoms with Crippen molar-refractivity contribution in [2.24, 2.45) is 0 Å². The molecule has 0 aliphatic heterocycles. The number of hydrogen-bond acceptors (Lipinski definition) is 7. The van der Waals surface area contributed by atoms with E-state index in [1.165, 1.54) is 22.2 Å². The number of hydrogen-bond donors (Lipinski definition) is 0. The van der Waals surface area contributed by atoms with Crippen molar-refractivity contribution in [2.75, 3.05) is 7.11 Å². The van der Waals surface area contributed by atoms with Crippen molar-refractivity contribution in [1.82, 2.24) is 24.7 Å². The Morgan fingerprint density at radius 2 is 2.04 bits per heavy atom. The van der Waals surface area contributed by atoms with Crippen molar-refractivity contribution < 1.29 is 4.74 Å². The molecule has 3 heterocycles. The lowest BCUT2D eigenvalue weighted by atomic mass is 10.2. The van der Waals surface area contributed by atoms with Gasteiger partial charge in [-0.25, -0.2) is 9.97 Å². The van der Waals surface area contributed by atoms with Gasteiger partial charge < -0.3 is 9.30 Å². The third kappa shape index (κ3) is 3.19. The van der Waals surface area contributed by atoms with E-state index in [0.717, 1.165) is 44.1 Å². The third-order valence-corrected chi connectivity index (χ3v) is 6.58. The van der Waals surface area contributed by atoms with Gasteiger partial charge in [-0.05, 0) is 50.2 Å². The number of methoxy groups -OCH3 is 1. The van der Waals surface area contributed by atoms with Gasteiger partial charge in [0.25, 0.3) is 0 Å². The molecule has 1 aromatic carbocycles. The maximum atomic E-state index is 5.34. The molecule has 0 saturated carbocycles. The Hall–Kier alpha value is -2.45. The quantitative estimate of drug-likeness (QED) is 0.453. The van der Waals surface area contributed by atoms with Crippen LogP contribution in [-0.2, 0) is 6.54 Å². The van der Waals surface area contributed by atoms with Gasteiger partial charge in [0.05, 0.1) is 7.11 Å². The average Bonchev–Trinajstić information content (AvgIpc) is 3.23. The van der Waals surface area contributed by atoms with Crippen LogP contribution in [0.3, 0.4) is 0 Å². The molecule has 3 aromatic heterocycles. The number of aromatic nitrogens is 5. The minimum absolute atomic E-state index is 0.762. The van der Waals surface area contributed by atoms with Crippen LogP contribution in [0.15, 0.2) is 40.8 Å². The number of benzene rings is 1. The Morgan fingerprint density at radius 1 is 1.19 bits per heavy atom. The molecule has 0 bridgehead atoms. The smallest absolute Gasteiger partial charge is 0.197 e. The third-order valence-electron chi connectivity index (χ3n) is 4.48. The van der Waals surface area contributed by atoms with E-state index in [9.17, 15) is 0 Å². The van der Waals surface area contributed by atoms with Crippen LogP contribution in [0.1, 0.15) is 17.4 Å². The fourth-order valence-corrected chi connectivity index (χ4v) is 5.03. The number of rotatable bonds is 5. The van der Waals surface area contributed by atoms with Gasteiger partial charge in [-0.1, -0.05) is 12.1 Å². The Kier molecular flexibility index (Phi) is 4.84. The van der Waals surface area contributed by atoms with E-state index in [1.54, 1.807) is 24.8 Å². The predicted molar refractivity (Wildman–Crippen MR) is 109 cm³/mol. The van der Waals surface area contributed by atoms with Gasteiger partial charge in [0, 0.05) is 22.4 Å². The summed E-state index contributed by atoms with van der Waals surface area (Å²) in [5, 5.41) is 11.7. The Bertz CT molecular complexity index is 1120. The Labute approximate surface area is 165 Å². The lowest BCUT2D eigenvalue weighted by Crippen LogP contribution is -2.00. The van der Waals surface area contributed by atoms with Crippen molar-refractivity contribution in [3.05, 3.63) is 41.0 Å². The molecule has 8 heteroatoms. The molecule has 6 nitrogen and oxygen atoms in total. The first-order valence-electron chi connectivity index (χ1n) is 8.58. The normalized spacial score (nSPS) is 11.3. The minimum Gasteiger partial charge on any atom is -0.497 e. The lowest BCUT2D eigenvalue weighted by Gasteiger charge is -2.08. The molecule has 4 rings (SSSR count). The molecule has 138 valence electrons. The SMILES string of the molecule is CCn1c(Sc2ncnc3sc(C)c(C)c23)nnc1-c1cccc(OC)c1. The predicted octanol–water partition coefficient (Wildman–Crippen LogP) is 4.75. The monoisotopic (exact) mass is 397 g/mol. The second-order valence-corrected chi connectivity index (χ2v) is 8.19. The van der Waals surface area contributed by atoms with E-state index in [-0.39, 0.29) is 0 Å². The maximum Gasteiger partial charge on any atom is 0.197 e. The van der Waals surface area contributed by atoms with Gasteiger partial charge in [-0.15, -0.1) is 21.5 Å². The Balaban J connectivity index is 1.77. The number of ether oxygens (including phenoxy) is 1. The van der Waals surface area contributed by atoms with E-state index in [0.29, 0.717) is 0 Å². The second-order valence-electron chi connectivity index (χ2n) is 6.03. The van der Waals surface area contributed by atoms with E-state index in [1.807, 2.05) is 24.3 Å². The molecule has 0 atom stereocenters. The summed E-state index contributed by atoms with van der Waals surface area (Å²) in [4.78, 5) is 11.2. The fourth-order valence-electron chi connectivity index (χ4n) is 2.94. The number of nitrogens with zero attached hydrogens (tertiary/aromatic N) is 5. The molecule has 0 unspecified atom stereocenters. The van der Waals surface area contributed by atoms with Crippen LogP contribution in [0, 0.1) is 13.8 Å². The van der Waals surface area contributed by atoms with Crippen molar-refractivity contribution in [3.63, 3.8) is 0 Å². The van der Waals surface area contributed by atoms with Crippen molar-refractivity contribution in [3.8, 4) is 17.1 Å². The summed E-state index contributed by atoms with van der Waals surface area (Å²) < 4.78 is 7.44. The maximum absolute atomic E-state index is 5.34. The first-order chi connectivity index (χ1) is 13.1. The molecule has 27 heavy (non-hydrogen) atoms. The first-order valence-corrected chi connectivity index (χ1v) is 10.2. The highest BCUT2D eigenvalue weighted by Crippen LogP contribution is 2.37. The molecule has 0 aliphatic carbocycles. The van der Waals surface area contributed by atoms with Crippen molar-refractivity contribution in [2.45, 2.75) is 37.5 Å². The molecule has 0 N–H and O–H groups in total. The van der Waals surface area contributed by atoms with Gasteiger partial charge >= 0.3 is 0 Å². The van der Waals surface area contributed by atoms with Gasteiger partial charge in [0.1, 0.15) is 21.9 Å². The summed E-state index contributed by atoms with van der Waals surface area (Å²) in [6, 6.07) is 7.87. The number of aryl methyl sites for hydroxylation is 2. The van der Waals surface area contributed by atoms with E-state index < -0.39 is 0 Å². The fraction of sp³-hybridized carbons (Fsp3) is 0.263. The molecule has 0 saturated heterocycles. The van der Waals surface area contributed by atoms with E-state index >= 15 is 0 Å². The highest BCUT2D eigenvalue weighted by atomic mass is 32.2. The molecule has 0 spiro atoms. The van der Waals surface area contributed by atoms with Gasteiger partial charge in [0.2, 0.25) is 0 Å². The van der Waals surface area contributed by atoms with E-state index in [2.05, 4.69) is 45.5 Å². The van der Waals surface area contributed by atoms with Crippen LogP contribution in [0.25, 0.3) is 21.6 Å². The van der Waals surface area contributed by atoms with Crippen LogP contribution in [0.4, 0.5) is 0 Å². The second kappa shape index (κ2) is 7.28. The summed E-state index contributed by atoms with van der Waals surface area (Å²) in [5.41, 5.74) is 2.21. The van der Waals surface area contributed by atoms with Gasteiger partial charge in [-0.3, -0.25) is 0 Å². The Morgan fingerprint density at radius 3 is 2.81 bits per heavy atom. The van der Waals surface area contributed by atoms with Crippen LogP contribution < -0.4 is 4.74 Å². The molecule has 0 aliphatic rings. The average molecular weight is 398 g/mol. The zero-order valence-electron chi connectivity index (χ0n) is 15.6. The highest BCUT2D eigenvalue weighted by molar-refractivity contribution is 7.99. The minimum atomic E-state index is 0.762. The summed E-state index contributed by atoms with van der Waals surface area (Å²) in [6.45, 7) is 7.09. The molecular weight excluding hydrogens is 378 g/mol. The zero-order valence-corrected chi connectivity index (χ0v) is 17.2. The van der Waals surface area contributed by atoms with Crippen LogP contribution in [0.5, 0.6) is 5.75 Å². The molecule has 0 amide bonds. The first kappa shape index (κ1) is 17.9. The standard InChI is InChI=1S/C19H19N5OS2/c1-5-24-16(13-7-6-8-14(9-13)25-4)22-23-19(24)27-18-15-11(2)12(3)26-17(15)20-10-21-18/h6-10H,5H2,1-4H3. The number of thiophene rings is 1. The summed E-state index contributed by atoms with van der Waals surface area (Å²) >= 11 is 3.23. The van der Waals surface area contributed by atoms with Crippen LogP contribution >= 0.6 is 23.1 Å². The molecule has 0 fully saturated rings. The summed E-state index contributed by atoms with van der Waals surface area (Å²) in [6.07, 6.45) is 1.62. The molecule has 0 radical (unpaired) electrons. The topological polar surface area (TPSA) is 65.7 Å². The van der Waals surface area contributed by atoms with Crippen molar-refractivity contribution in [1.29, 1.82) is 0 Å². The van der Waals surface area contributed by atoms with Crippen molar-refractivity contribution >= 4 is 33.3 Å².